The third-order valence-corrected chi connectivity index (χ3v) is 4.62. The van der Waals surface area contributed by atoms with E-state index >= 15 is 0 Å². The molecule has 0 radical (unpaired) electrons. The molecule has 0 aromatic carbocycles. The predicted octanol–water partition coefficient (Wildman–Crippen LogP) is 0.796. The summed E-state index contributed by atoms with van der Waals surface area (Å²) in [5.41, 5.74) is 0. The molecule has 118 valence electrons. The lowest BCUT2D eigenvalue weighted by atomic mass is 10.1. The number of sulfonamides is 1. The van der Waals surface area contributed by atoms with Crippen LogP contribution in [0.1, 0.15) is 44.0 Å². The Hall–Kier alpha value is -1.48. The summed E-state index contributed by atoms with van der Waals surface area (Å²) >= 11 is 0. The second kappa shape index (κ2) is 6.10. The Kier molecular flexibility index (Phi) is 4.62. The summed E-state index contributed by atoms with van der Waals surface area (Å²) in [6.45, 7) is 3.61. The fraction of sp³-hybridized carbons (Fsp3) is 0.750. The summed E-state index contributed by atoms with van der Waals surface area (Å²) in [7, 11) is -3.44. The smallest absolute Gasteiger partial charge is 0.325 e. The molecule has 0 saturated carbocycles. The van der Waals surface area contributed by atoms with Crippen molar-refractivity contribution in [2.24, 2.45) is 0 Å². The predicted molar refractivity (Wildman–Crippen MR) is 72.7 cm³/mol. The molecule has 2 atom stereocenters. The number of aryl methyl sites for hydroxylation is 1. The summed E-state index contributed by atoms with van der Waals surface area (Å²) < 4.78 is 34.9. The van der Waals surface area contributed by atoms with Gasteiger partial charge < -0.3 is 9.26 Å². The third kappa shape index (κ3) is 3.79. The van der Waals surface area contributed by atoms with Crippen molar-refractivity contribution in [2.75, 3.05) is 12.8 Å². The molecule has 0 spiro atoms. The van der Waals surface area contributed by atoms with E-state index in [2.05, 4.69) is 10.1 Å². The molecule has 1 fully saturated rings. The van der Waals surface area contributed by atoms with Crippen molar-refractivity contribution in [2.45, 2.75) is 45.3 Å². The summed E-state index contributed by atoms with van der Waals surface area (Å²) in [6, 6.07) is -0.778. The Morgan fingerprint density at radius 1 is 1.48 bits per heavy atom. The topological polar surface area (TPSA) is 103 Å². The number of carbonyl (C=O) groups is 1. The van der Waals surface area contributed by atoms with Crippen LogP contribution in [0.15, 0.2) is 4.52 Å². The maximum absolute atomic E-state index is 12.2. The minimum atomic E-state index is -3.44. The molecule has 1 saturated heterocycles. The molecule has 8 nitrogen and oxygen atoms in total. The van der Waals surface area contributed by atoms with Crippen molar-refractivity contribution in [3.8, 4) is 0 Å². The van der Waals surface area contributed by atoms with E-state index in [1.165, 1.54) is 4.31 Å². The number of nitrogens with zero attached hydrogens (tertiary/aromatic N) is 3. The number of aromatic nitrogens is 2. The van der Waals surface area contributed by atoms with E-state index in [1.54, 1.807) is 13.8 Å². The first kappa shape index (κ1) is 15.9. The number of piperidine rings is 1. The maximum Gasteiger partial charge on any atom is 0.325 e. The maximum atomic E-state index is 12.2. The van der Waals surface area contributed by atoms with Crippen LogP contribution < -0.4 is 0 Å². The van der Waals surface area contributed by atoms with Gasteiger partial charge in [-0.2, -0.15) is 9.29 Å². The first-order valence-electron chi connectivity index (χ1n) is 6.76. The van der Waals surface area contributed by atoms with Gasteiger partial charge in [0.15, 0.2) is 11.9 Å². The van der Waals surface area contributed by atoms with Crippen LogP contribution in [0.5, 0.6) is 0 Å². The number of esters is 1. The highest BCUT2D eigenvalue weighted by Gasteiger charge is 2.36. The number of carbonyl (C=O) groups excluding carboxylic acids is 1. The molecular formula is C12H19N3O5S. The van der Waals surface area contributed by atoms with Gasteiger partial charge in [-0.05, 0) is 33.1 Å². The van der Waals surface area contributed by atoms with Crippen LogP contribution in [0, 0.1) is 6.92 Å². The molecule has 2 heterocycles. The van der Waals surface area contributed by atoms with Crippen LogP contribution in [0.2, 0.25) is 0 Å². The number of hydrogen-bond acceptors (Lipinski definition) is 7. The van der Waals surface area contributed by atoms with Gasteiger partial charge in [-0.25, -0.2) is 8.42 Å². The van der Waals surface area contributed by atoms with Gasteiger partial charge in [-0.15, -0.1) is 0 Å². The van der Waals surface area contributed by atoms with Crippen LogP contribution >= 0.6 is 0 Å². The Balaban J connectivity index is 2.07. The van der Waals surface area contributed by atoms with Gasteiger partial charge in [0, 0.05) is 6.54 Å². The van der Waals surface area contributed by atoms with E-state index in [1.807, 2.05) is 0 Å². The summed E-state index contributed by atoms with van der Waals surface area (Å²) in [4.78, 5) is 16.2. The average molecular weight is 317 g/mol. The van der Waals surface area contributed by atoms with E-state index in [4.69, 9.17) is 9.26 Å². The van der Waals surface area contributed by atoms with Crippen molar-refractivity contribution >= 4 is 16.0 Å². The second-order valence-electron chi connectivity index (χ2n) is 5.14. The monoisotopic (exact) mass is 317 g/mol. The summed E-state index contributed by atoms with van der Waals surface area (Å²) in [5, 5.41) is 3.63. The van der Waals surface area contributed by atoms with Crippen LogP contribution in [0.4, 0.5) is 0 Å². The van der Waals surface area contributed by atoms with Gasteiger partial charge in [0.25, 0.3) is 5.89 Å². The van der Waals surface area contributed by atoms with Gasteiger partial charge in [0.1, 0.15) is 6.04 Å². The van der Waals surface area contributed by atoms with E-state index in [0.29, 0.717) is 18.8 Å². The number of rotatable bonds is 4. The SMILES string of the molecule is Cc1noc([C@H](C)OC(=O)[C@@H]2CCCCN2S(C)(=O)=O)n1. The Morgan fingerprint density at radius 2 is 2.19 bits per heavy atom. The fourth-order valence-electron chi connectivity index (χ4n) is 2.32. The van der Waals surface area contributed by atoms with Gasteiger partial charge in [0.2, 0.25) is 10.0 Å². The molecule has 1 aliphatic rings. The molecule has 1 aromatic rings. The molecule has 0 unspecified atom stereocenters. The minimum Gasteiger partial charge on any atom is -0.451 e. The van der Waals surface area contributed by atoms with Crippen LogP contribution in [-0.4, -0.2) is 47.7 Å². The minimum absolute atomic E-state index is 0.197. The van der Waals surface area contributed by atoms with Crippen molar-refractivity contribution in [3.63, 3.8) is 0 Å². The van der Waals surface area contributed by atoms with Crippen molar-refractivity contribution in [3.05, 3.63) is 11.7 Å². The van der Waals surface area contributed by atoms with Crippen molar-refractivity contribution in [1.82, 2.24) is 14.4 Å². The van der Waals surface area contributed by atoms with Gasteiger partial charge >= 0.3 is 5.97 Å². The van der Waals surface area contributed by atoms with E-state index in [0.717, 1.165) is 19.1 Å². The molecule has 0 amide bonds. The lowest BCUT2D eigenvalue weighted by Gasteiger charge is -2.32. The third-order valence-electron chi connectivity index (χ3n) is 3.34. The van der Waals surface area contributed by atoms with Gasteiger partial charge in [-0.3, -0.25) is 4.79 Å². The zero-order valence-corrected chi connectivity index (χ0v) is 13.1. The quantitative estimate of drug-likeness (QED) is 0.756. The Morgan fingerprint density at radius 3 is 2.76 bits per heavy atom. The normalized spacial score (nSPS) is 22.0. The highest BCUT2D eigenvalue weighted by atomic mass is 32.2. The lowest BCUT2D eigenvalue weighted by molar-refractivity contribution is -0.155. The summed E-state index contributed by atoms with van der Waals surface area (Å²) in [5.74, 6) is 0.0642. The van der Waals surface area contributed by atoms with Gasteiger partial charge in [-0.1, -0.05) is 5.16 Å². The zero-order chi connectivity index (χ0) is 15.6. The highest BCUT2D eigenvalue weighted by molar-refractivity contribution is 7.88. The fourth-order valence-corrected chi connectivity index (χ4v) is 3.43. The molecule has 0 bridgehead atoms. The van der Waals surface area contributed by atoms with E-state index < -0.39 is 28.1 Å². The van der Waals surface area contributed by atoms with Crippen molar-refractivity contribution < 1.29 is 22.5 Å². The number of ether oxygens (including phenoxy) is 1. The Labute approximate surface area is 123 Å². The number of hydrogen-bond donors (Lipinski definition) is 0. The van der Waals surface area contributed by atoms with Crippen LogP contribution in [0.25, 0.3) is 0 Å². The first-order valence-corrected chi connectivity index (χ1v) is 8.61. The van der Waals surface area contributed by atoms with Gasteiger partial charge in [0.05, 0.1) is 6.26 Å². The van der Waals surface area contributed by atoms with Crippen molar-refractivity contribution in [1.29, 1.82) is 0 Å². The molecule has 0 N–H and O–H groups in total. The molecular weight excluding hydrogens is 298 g/mol. The molecule has 2 rings (SSSR count). The average Bonchev–Trinajstić information content (AvgIpc) is 2.84. The molecule has 1 aromatic heterocycles. The van der Waals surface area contributed by atoms with Crippen LogP contribution in [0.3, 0.4) is 0 Å². The van der Waals surface area contributed by atoms with Crippen LogP contribution in [-0.2, 0) is 19.6 Å². The molecule has 0 aliphatic carbocycles. The Bertz CT molecular complexity index is 612. The molecule has 9 heteroatoms. The van der Waals surface area contributed by atoms with E-state index in [-0.39, 0.29) is 5.89 Å². The zero-order valence-electron chi connectivity index (χ0n) is 12.3. The summed E-state index contributed by atoms with van der Waals surface area (Å²) in [6.07, 6.45) is 2.39. The lowest BCUT2D eigenvalue weighted by Crippen LogP contribution is -2.48. The molecule has 21 heavy (non-hydrogen) atoms. The first-order chi connectivity index (χ1) is 9.79. The molecule has 1 aliphatic heterocycles. The van der Waals surface area contributed by atoms with E-state index in [9.17, 15) is 13.2 Å². The second-order valence-corrected chi connectivity index (χ2v) is 7.08. The highest BCUT2D eigenvalue weighted by Crippen LogP contribution is 2.23. The standard InChI is InChI=1S/C12H19N3O5S/c1-8(11-13-9(2)14-20-11)19-12(16)10-6-4-5-7-15(10)21(3,17)18/h8,10H,4-7H2,1-3H3/t8-,10-/m0/s1. The largest absolute Gasteiger partial charge is 0.451 e.